The normalized spacial score (nSPS) is 17.5. The Bertz CT molecular complexity index is 283. The second kappa shape index (κ2) is 3.06. The lowest BCUT2D eigenvalue weighted by atomic mass is 10.3. The van der Waals surface area contributed by atoms with Crippen molar-refractivity contribution in [3.8, 4) is 6.01 Å². The number of imidazole rings is 1. The van der Waals surface area contributed by atoms with E-state index in [1.165, 1.54) is 0 Å². The van der Waals surface area contributed by atoms with Crippen molar-refractivity contribution in [1.29, 1.82) is 0 Å². The van der Waals surface area contributed by atoms with Crippen LogP contribution >= 0.6 is 15.9 Å². The predicted octanol–water partition coefficient (Wildman–Crippen LogP) is 0.960. The summed E-state index contributed by atoms with van der Waals surface area (Å²) in [5.41, 5.74) is 0. The molecule has 5 heteroatoms. The number of hydrogen-bond acceptors (Lipinski definition) is 3. The molecule has 66 valence electrons. The fourth-order valence-corrected chi connectivity index (χ4v) is 1.41. The first kappa shape index (κ1) is 8.07. The molecule has 0 atom stereocenters. The van der Waals surface area contributed by atoms with E-state index in [0.717, 1.165) is 4.60 Å². The number of halogens is 1. The molecule has 1 aliphatic heterocycles. The van der Waals surface area contributed by atoms with Gasteiger partial charge in [0.15, 0.2) is 0 Å². The summed E-state index contributed by atoms with van der Waals surface area (Å²) in [5, 5.41) is 0. The minimum atomic E-state index is 0.179. The smallest absolute Gasteiger partial charge is 0.297 e. The van der Waals surface area contributed by atoms with Gasteiger partial charge in [-0.15, -0.1) is 0 Å². The van der Waals surface area contributed by atoms with Gasteiger partial charge in [-0.25, -0.2) is 0 Å². The monoisotopic (exact) mass is 232 g/mol. The molecule has 0 saturated carbocycles. The van der Waals surface area contributed by atoms with Gasteiger partial charge < -0.3 is 14.0 Å². The number of ether oxygens (including phenoxy) is 2. The van der Waals surface area contributed by atoms with Gasteiger partial charge in [-0.2, -0.15) is 4.98 Å². The van der Waals surface area contributed by atoms with E-state index in [9.17, 15) is 0 Å². The third kappa shape index (κ3) is 1.47. The fourth-order valence-electron chi connectivity index (χ4n) is 0.955. The second-order valence-electron chi connectivity index (χ2n) is 2.73. The van der Waals surface area contributed by atoms with Crippen LogP contribution in [0.3, 0.4) is 0 Å². The second-order valence-corrected chi connectivity index (χ2v) is 3.55. The highest BCUT2D eigenvalue weighted by Crippen LogP contribution is 2.17. The Hall–Kier alpha value is -0.550. The molecular formula is C7H9BrN2O2. The van der Waals surface area contributed by atoms with Gasteiger partial charge in [-0.1, -0.05) is 0 Å². The molecule has 0 aromatic carbocycles. The highest BCUT2D eigenvalue weighted by atomic mass is 79.9. The number of nitrogens with zero attached hydrogens (tertiary/aromatic N) is 2. The van der Waals surface area contributed by atoms with Crippen LogP contribution in [0.1, 0.15) is 0 Å². The maximum absolute atomic E-state index is 5.50. The van der Waals surface area contributed by atoms with Gasteiger partial charge in [0.25, 0.3) is 6.01 Å². The Morgan fingerprint density at radius 1 is 1.75 bits per heavy atom. The van der Waals surface area contributed by atoms with Crippen molar-refractivity contribution in [3.63, 3.8) is 0 Å². The molecule has 0 spiro atoms. The Morgan fingerprint density at radius 2 is 2.50 bits per heavy atom. The number of aryl methyl sites for hydroxylation is 1. The zero-order valence-electron chi connectivity index (χ0n) is 6.66. The Labute approximate surface area is 78.6 Å². The van der Waals surface area contributed by atoms with Crippen molar-refractivity contribution in [3.05, 3.63) is 10.8 Å². The lowest BCUT2D eigenvalue weighted by molar-refractivity contribution is -0.0840. The third-order valence-electron chi connectivity index (χ3n) is 1.68. The average Bonchev–Trinajstić information content (AvgIpc) is 2.21. The van der Waals surface area contributed by atoms with E-state index in [2.05, 4.69) is 20.9 Å². The van der Waals surface area contributed by atoms with Crippen LogP contribution in [0.15, 0.2) is 10.8 Å². The largest absolute Gasteiger partial charge is 0.456 e. The molecular weight excluding hydrogens is 224 g/mol. The predicted molar refractivity (Wildman–Crippen MR) is 46.1 cm³/mol. The summed E-state index contributed by atoms with van der Waals surface area (Å²) < 4.78 is 13.1. The van der Waals surface area contributed by atoms with E-state index in [-0.39, 0.29) is 6.10 Å². The lowest BCUT2D eigenvalue weighted by Gasteiger charge is -2.25. The molecule has 0 N–H and O–H groups in total. The van der Waals surface area contributed by atoms with Crippen LogP contribution in [0, 0.1) is 0 Å². The first-order chi connectivity index (χ1) is 5.75. The van der Waals surface area contributed by atoms with E-state index < -0.39 is 0 Å². The summed E-state index contributed by atoms with van der Waals surface area (Å²) in [6.07, 6.45) is 2.03. The number of aromatic nitrogens is 2. The maximum atomic E-state index is 5.50. The molecule has 1 aromatic rings. The molecule has 12 heavy (non-hydrogen) atoms. The minimum Gasteiger partial charge on any atom is -0.456 e. The van der Waals surface area contributed by atoms with Crippen LogP contribution < -0.4 is 4.74 Å². The summed E-state index contributed by atoms with van der Waals surface area (Å²) in [5.74, 6) is 0. The van der Waals surface area contributed by atoms with Gasteiger partial charge in [-0.3, -0.25) is 0 Å². The van der Waals surface area contributed by atoms with Gasteiger partial charge in [-0.05, 0) is 15.9 Å². The van der Waals surface area contributed by atoms with Crippen molar-refractivity contribution in [2.45, 2.75) is 6.10 Å². The van der Waals surface area contributed by atoms with E-state index in [4.69, 9.17) is 9.47 Å². The summed E-state index contributed by atoms with van der Waals surface area (Å²) in [6.45, 7) is 1.34. The van der Waals surface area contributed by atoms with Crippen LogP contribution in [0.2, 0.25) is 0 Å². The van der Waals surface area contributed by atoms with Gasteiger partial charge in [0.05, 0.1) is 13.2 Å². The summed E-state index contributed by atoms with van der Waals surface area (Å²) in [4.78, 5) is 4.13. The van der Waals surface area contributed by atoms with E-state index in [1.807, 2.05) is 17.8 Å². The standard InChI is InChI=1S/C7H9BrN2O2/c1-10-2-6(8)9-7(10)12-5-3-11-4-5/h2,5H,3-4H2,1H3. The molecule has 2 heterocycles. The molecule has 0 amide bonds. The first-order valence-corrected chi connectivity index (χ1v) is 4.48. The molecule has 1 saturated heterocycles. The van der Waals surface area contributed by atoms with Gasteiger partial charge in [0, 0.05) is 13.2 Å². The molecule has 1 aliphatic rings. The van der Waals surface area contributed by atoms with Crippen LogP contribution in [-0.2, 0) is 11.8 Å². The van der Waals surface area contributed by atoms with Crippen molar-refractivity contribution in [2.24, 2.45) is 7.05 Å². The Balaban J connectivity index is 2.05. The van der Waals surface area contributed by atoms with Crippen LogP contribution in [-0.4, -0.2) is 28.9 Å². The quantitative estimate of drug-likeness (QED) is 0.763. The van der Waals surface area contributed by atoms with E-state index in [0.29, 0.717) is 19.2 Å². The summed E-state index contributed by atoms with van der Waals surface area (Å²) >= 11 is 3.27. The number of hydrogen-bond donors (Lipinski definition) is 0. The Kier molecular flexibility index (Phi) is 2.06. The first-order valence-electron chi connectivity index (χ1n) is 3.69. The number of rotatable bonds is 2. The zero-order valence-corrected chi connectivity index (χ0v) is 8.24. The van der Waals surface area contributed by atoms with Crippen LogP contribution in [0.4, 0.5) is 0 Å². The Morgan fingerprint density at radius 3 is 2.92 bits per heavy atom. The van der Waals surface area contributed by atoms with Crippen molar-refractivity contribution >= 4 is 15.9 Å². The zero-order chi connectivity index (χ0) is 8.55. The third-order valence-corrected chi connectivity index (χ3v) is 2.07. The lowest BCUT2D eigenvalue weighted by Crippen LogP contribution is -2.39. The molecule has 1 fully saturated rings. The highest BCUT2D eigenvalue weighted by Gasteiger charge is 2.21. The van der Waals surface area contributed by atoms with Crippen molar-refractivity contribution in [2.75, 3.05) is 13.2 Å². The molecule has 4 nitrogen and oxygen atoms in total. The summed E-state index contributed by atoms with van der Waals surface area (Å²) in [7, 11) is 1.90. The van der Waals surface area contributed by atoms with Crippen LogP contribution in [0.5, 0.6) is 6.01 Å². The van der Waals surface area contributed by atoms with E-state index in [1.54, 1.807) is 0 Å². The molecule has 0 bridgehead atoms. The molecule has 0 unspecified atom stereocenters. The topological polar surface area (TPSA) is 36.3 Å². The summed E-state index contributed by atoms with van der Waals surface area (Å²) in [6, 6.07) is 0.634. The molecule has 0 aliphatic carbocycles. The van der Waals surface area contributed by atoms with Gasteiger partial charge >= 0.3 is 0 Å². The van der Waals surface area contributed by atoms with E-state index >= 15 is 0 Å². The highest BCUT2D eigenvalue weighted by molar-refractivity contribution is 9.10. The molecule has 0 radical (unpaired) electrons. The fraction of sp³-hybridized carbons (Fsp3) is 0.571. The van der Waals surface area contributed by atoms with Gasteiger partial charge in [0.1, 0.15) is 10.7 Å². The SMILES string of the molecule is Cn1cc(Br)nc1OC1COC1. The van der Waals surface area contributed by atoms with Crippen LogP contribution in [0.25, 0.3) is 0 Å². The average molecular weight is 233 g/mol. The molecule has 1 aromatic heterocycles. The van der Waals surface area contributed by atoms with Gasteiger partial charge in [0.2, 0.25) is 0 Å². The van der Waals surface area contributed by atoms with Crippen molar-refractivity contribution in [1.82, 2.24) is 9.55 Å². The maximum Gasteiger partial charge on any atom is 0.297 e. The minimum absolute atomic E-state index is 0.179. The molecule has 2 rings (SSSR count). The van der Waals surface area contributed by atoms with Crippen molar-refractivity contribution < 1.29 is 9.47 Å².